The topological polar surface area (TPSA) is 79.8 Å². The van der Waals surface area contributed by atoms with Crippen molar-refractivity contribution in [3.8, 4) is 0 Å². The molecule has 0 bridgehead atoms. The Morgan fingerprint density at radius 3 is 2.37 bits per heavy atom. The number of amides is 1. The van der Waals surface area contributed by atoms with Crippen LogP contribution >= 0.6 is 0 Å². The summed E-state index contributed by atoms with van der Waals surface area (Å²) in [4.78, 5) is 24.2. The smallest absolute Gasteiger partial charge is 0.365 e. The van der Waals surface area contributed by atoms with Crippen molar-refractivity contribution < 1.29 is 18.0 Å². The molecule has 2 aromatic heterocycles. The number of benzene rings is 1. The Hall–Kier alpha value is -3.49. The third-order valence-electron chi connectivity index (χ3n) is 3.55. The van der Waals surface area contributed by atoms with Crippen LogP contribution in [0.1, 0.15) is 21.6 Å². The highest BCUT2D eigenvalue weighted by molar-refractivity contribution is 6.02. The van der Waals surface area contributed by atoms with Crippen LogP contribution in [0.4, 0.5) is 24.7 Å². The highest BCUT2D eigenvalue weighted by atomic mass is 19.4. The lowest BCUT2D eigenvalue weighted by Crippen LogP contribution is -2.15. The van der Waals surface area contributed by atoms with E-state index >= 15 is 0 Å². The zero-order valence-corrected chi connectivity index (χ0v) is 13.9. The SMILES string of the molecule is O=C(Nc1ccc(C(F)(F)F)cc1)c1cnc(NCc2cccnc2)cn1. The Bertz CT molecular complexity index is 897. The molecule has 0 atom stereocenters. The second kappa shape index (κ2) is 7.81. The highest BCUT2D eigenvalue weighted by Gasteiger charge is 2.30. The van der Waals surface area contributed by atoms with E-state index in [1.54, 1.807) is 12.4 Å². The first-order valence-electron chi connectivity index (χ1n) is 7.85. The number of halogens is 3. The maximum atomic E-state index is 12.5. The standard InChI is InChI=1S/C18H14F3N5O/c19-18(20,21)13-3-5-14(6-4-13)26-17(27)15-10-25-16(11-23-15)24-9-12-2-1-7-22-8-12/h1-8,10-11H,9H2,(H,24,25)(H,26,27). The third kappa shape index (κ3) is 5.00. The van der Waals surface area contributed by atoms with E-state index in [2.05, 4.69) is 25.6 Å². The van der Waals surface area contributed by atoms with E-state index < -0.39 is 17.6 Å². The van der Waals surface area contributed by atoms with Crippen LogP contribution in [0, 0.1) is 0 Å². The van der Waals surface area contributed by atoms with Gasteiger partial charge in [0.1, 0.15) is 11.5 Å². The molecule has 0 radical (unpaired) electrons. The fraction of sp³-hybridized carbons (Fsp3) is 0.111. The van der Waals surface area contributed by atoms with Crippen molar-refractivity contribution in [1.29, 1.82) is 0 Å². The van der Waals surface area contributed by atoms with Crippen molar-refractivity contribution in [1.82, 2.24) is 15.0 Å². The summed E-state index contributed by atoms with van der Waals surface area (Å²) in [5, 5.41) is 5.52. The number of pyridine rings is 1. The normalized spacial score (nSPS) is 11.1. The Kier molecular flexibility index (Phi) is 5.30. The Balaban J connectivity index is 1.58. The van der Waals surface area contributed by atoms with Gasteiger partial charge in [-0.25, -0.2) is 9.97 Å². The van der Waals surface area contributed by atoms with E-state index in [9.17, 15) is 18.0 Å². The van der Waals surface area contributed by atoms with Gasteiger partial charge in [0.15, 0.2) is 0 Å². The molecule has 27 heavy (non-hydrogen) atoms. The van der Waals surface area contributed by atoms with Crippen LogP contribution in [0.3, 0.4) is 0 Å². The number of aromatic nitrogens is 3. The maximum Gasteiger partial charge on any atom is 0.416 e. The predicted molar refractivity (Wildman–Crippen MR) is 93.0 cm³/mol. The van der Waals surface area contributed by atoms with Gasteiger partial charge in [0, 0.05) is 24.6 Å². The number of alkyl halides is 3. The summed E-state index contributed by atoms with van der Waals surface area (Å²) >= 11 is 0. The highest BCUT2D eigenvalue weighted by Crippen LogP contribution is 2.29. The van der Waals surface area contributed by atoms with E-state index in [1.165, 1.54) is 24.5 Å². The second-order valence-electron chi connectivity index (χ2n) is 5.53. The van der Waals surface area contributed by atoms with E-state index in [0.717, 1.165) is 17.7 Å². The molecule has 1 aromatic carbocycles. The van der Waals surface area contributed by atoms with E-state index in [-0.39, 0.29) is 11.4 Å². The molecule has 6 nitrogen and oxygen atoms in total. The zero-order valence-electron chi connectivity index (χ0n) is 13.9. The minimum absolute atomic E-state index is 0.0434. The zero-order chi connectivity index (χ0) is 19.3. The molecule has 0 unspecified atom stereocenters. The first-order chi connectivity index (χ1) is 12.9. The quantitative estimate of drug-likeness (QED) is 0.712. The van der Waals surface area contributed by atoms with Gasteiger partial charge in [0.05, 0.1) is 18.0 Å². The lowest BCUT2D eigenvalue weighted by atomic mass is 10.2. The predicted octanol–water partition coefficient (Wildman–Crippen LogP) is 3.75. The van der Waals surface area contributed by atoms with Gasteiger partial charge in [-0.3, -0.25) is 9.78 Å². The van der Waals surface area contributed by atoms with Crippen LogP contribution in [0.5, 0.6) is 0 Å². The largest absolute Gasteiger partial charge is 0.416 e. The fourth-order valence-electron chi connectivity index (χ4n) is 2.17. The molecule has 0 aliphatic carbocycles. The minimum atomic E-state index is -4.42. The van der Waals surface area contributed by atoms with Gasteiger partial charge in [0.2, 0.25) is 0 Å². The molecular formula is C18H14F3N5O. The third-order valence-corrected chi connectivity index (χ3v) is 3.55. The molecule has 0 saturated carbocycles. The number of hydrogen-bond donors (Lipinski definition) is 2. The average Bonchev–Trinajstić information content (AvgIpc) is 2.67. The second-order valence-corrected chi connectivity index (χ2v) is 5.53. The molecule has 9 heteroatoms. The van der Waals surface area contributed by atoms with Gasteiger partial charge in [-0.2, -0.15) is 13.2 Å². The first kappa shape index (κ1) is 18.3. The summed E-state index contributed by atoms with van der Waals surface area (Å²) in [6.07, 6.45) is 1.65. The van der Waals surface area contributed by atoms with Crippen molar-refractivity contribution in [2.45, 2.75) is 12.7 Å². The van der Waals surface area contributed by atoms with Crippen molar-refractivity contribution >= 4 is 17.4 Å². The van der Waals surface area contributed by atoms with Crippen molar-refractivity contribution in [3.05, 3.63) is 78.0 Å². The molecule has 138 valence electrons. The Labute approximate surface area is 152 Å². The fourth-order valence-corrected chi connectivity index (χ4v) is 2.17. The van der Waals surface area contributed by atoms with E-state index in [4.69, 9.17) is 0 Å². The summed E-state index contributed by atoms with van der Waals surface area (Å²) in [5.41, 5.74) is 0.447. The molecule has 0 aliphatic heterocycles. The Morgan fingerprint density at radius 1 is 1.00 bits per heavy atom. The molecule has 2 heterocycles. The molecule has 0 aliphatic rings. The van der Waals surface area contributed by atoms with Crippen molar-refractivity contribution in [2.24, 2.45) is 0 Å². The van der Waals surface area contributed by atoms with Gasteiger partial charge in [-0.1, -0.05) is 6.07 Å². The number of rotatable bonds is 5. The van der Waals surface area contributed by atoms with Gasteiger partial charge in [-0.05, 0) is 35.9 Å². The summed E-state index contributed by atoms with van der Waals surface area (Å²) < 4.78 is 37.6. The molecule has 0 spiro atoms. The van der Waals surface area contributed by atoms with Crippen LogP contribution in [0.15, 0.2) is 61.2 Å². The lowest BCUT2D eigenvalue weighted by Gasteiger charge is -2.09. The van der Waals surface area contributed by atoms with Gasteiger partial charge in [0.25, 0.3) is 5.91 Å². The lowest BCUT2D eigenvalue weighted by molar-refractivity contribution is -0.137. The van der Waals surface area contributed by atoms with Crippen LogP contribution in [0.25, 0.3) is 0 Å². The van der Waals surface area contributed by atoms with Crippen LogP contribution in [0.2, 0.25) is 0 Å². The van der Waals surface area contributed by atoms with Gasteiger partial charge in [-0.15, -0.1) is 0 Å². The monoisotopic (exact) mass is 373 g/mol. The summed E-state index contributed by atoms with van der Waals surface area (Å²) in [7, 11) is 0. The molecule has 0 saturated heterocycles. The van der Waals surface area contributed by atoms with Gasteiger partial charge < -0.3 is 10.6 Å². The summed E-state index contributed by atoms with van der Waals surface area (Å²) in [5.74, 6) is -0.0917. The number of nitrogens with zero attached hydrogens (tertiary/aromatic N) is 3. The molecule has 3 aromatic rings. The van der Waals surface area contributed by atoms with Crippen LogP contribution < -0.4 is 10.6 Å². The number of anilines is 2. The van der Waals surface area contributed by atoms with Gasteiger partial charge >= 0.3 is 6.18 Å². The number of nitrogens with one attached hydrogen (secondary N) is 2. The van der Waals surface area contributed by atoms with E-state index in [1.807, 2.05) is 12.1 Å². The molecule has 3 rings (SSSR count). The average molecular weight is 373 g/mol. The number of hydrogen-bond acceptors (Lipinski definition) is 5. The maximum absolute atomic E-state index is 12.5. The minimum Gasteiger partial charge on any atom is -0.365 e. The number of carbonyl (C=O) groups excluding carboxylic acids is 1. The van der Waals surface area contributed by atoms with Crippen molar-refractivity contribution in [2.75, 3.05) is 10.6 Å². The Morgan fingerprint density at radius 2 is 1.78 bits per heavy atom. The molecule has 0 fully saturated rings. The molecule has 2 N–H and O–H groups in total. The van der Waals surface area contributed by atoms with Crippen molar-refractivity contribution in [3.63, 3.8) is 0 Å². The summed E-state index contributed by atoms with van der Waals surface area (Å²) in [6, 6.07) is 7.87. The number of carbonyl (C=O) groups is 1. The first-order valence-corrected chi connectivity index (χ1v) is 7.85. The van der Waals surface area contributed by atoms with Crippen LogP contribution in [-0.2, 0) is 12.7 Å². The molecule has 1 amide bonds. The summed E-state index contributed by atoms with van der Waals surface area (Å²) in [6.45, 7) is 0.500. The van der Waals surface area contributed by atoms with E-state index in [0.29, 0.717) is 12.4 Å². The molecular weight excluding hydrogens is 359 g/mol. The van der Waals surface area contributed by atoms with Crippen LogP contribution in [-0.4, -0.2) is 20.9 Å².